The Morgan fingerprint density at radius 3 is 2.94 bits per heavy atom. The van der Waals surface area contributed by atoms with E-state index in [1.54, 1.807) is 0 Å². The van der Waals surface area contributed by atoms with Crippen LogP contribution in [0.25, 0.3) is 0 Å². The van der Waals surface area contributed by atoms with Crippen molar-refractivity contribution in [2.24, 2.45) is 0 Å². The van der Waals surface area contributed by atoms with Crippen molar-refractivity contribution in [2.45, 2.75) is 26.2 Å². The van der Waals surface area contributed by atoms with Gasteiger partial charge in [-0.15, -0.1) is 0 Å². The molecule has 0 spiro atoms. The monoisotopic (exact) mass is 218 g/mol. The molecule has 0 aliphatic carbocycles. The average molecular weight is 218 g/mol. The van der Waals surface area contributed by atoms with Gasteiger partial charge in [0.2, 0.25) is 0 Å². The van der Waals surface area contributed by atoms with Crippen LogP contribution < -0.4 is 4.74 Å². The van der Waals surface area contributed by atoms with Gasteiger partial charge in [0.1, 0.15) is 12.4 Å². The predicted octanol–water partition coefficient (Wildman–Crippen LogP) is 2.60. The van der Waals surface area contributed by atoms with Crippen molar-refractivity contribution < 1.29 is 9.84 Å². The van der Waals surface area contributed by atoms with E-state index in [1.807, 2.05) is 24.3 Å². The summed E-state index contributed by atoms with van der Waals surface area (Å²) in [7, 11) is 0. The van der Waals surface area contributed by atoms with Crippen LogP contribution in [0.5, 0.6) is 5.75 Å². The second-order valence-corrected chi connectivity index (χ2v) is 3.54. The maximum atomic E-state index is 8.59. The Kier molecular flexibility index (Phi) is 6.13. The molecule has 1 aromatic carbocycles. The van der Waals surface area contributed by atoms with Gasteiger partial charge in [0, 0.05) is 5.56 Å². The molecule has 0 radical (unpaired) electrons. The van der Waals surface area contributed by atoms with Crippen LogP contribution in [0.2, 0.25) is 0 Å². The minimum absolute atomic E-state index is 0.110. The van der Waals surface area contributed by atoms with E-state index in [1.165, 1.54) is 12.8 Å². The average Bonchev–Trinajstić information content (AvgIpc) is 2.33. The van der Waals surface area contributed by atoms with E-state index in [4.69, 9.17) is 9.84 Å². The molecule has 0 aliphatic rings. The van der Waals surface area contributed by atoms with E-state index < -0.39 is 0 Å². The van der Waals surface area contributed by atoms with Crippen LogP contribution in [0.1, 0.15) is 31.7 Å². The standard InChI is InChI=1S/C14H18O2/c1-2-3-4-11-16-14-9-5-7-13(12-14)8-6-10-15/h5,7,9,12,15H,2-4,10-11H2,1H3. The fraction of sp³-hybridized carbons (Fsp3) is 0.429. The minimum atomic E-state index is -0.110. The molecule has 0 amide bonds. The zero-order chi connectivity index (χ0) is 11.6. The van der Waals surface area contributed by atoms with E-state index >= 15 is 0 Å². The quantitative estimate of drug-likeness (QED) is 0.608. The molecule has 1 N–H and O–H groups in total. The number of benzene rings is 1. The van der Waals surface area contributed by atoms with Crippen LogP contribution in [-0.2, 0) is 0 Å². The van der Waals surface area contributed by atoms with E-state index in [0.29, 0.717) is 0 Å². The van der Waals surface area contributed by atoms with E-state index in [0.717, 1.165) is 24.3 Å². The van der Waals surface area contributed by atoms with Gasteiger partial charge in [0.05, 0.1) is 6.61 Å². The van der Waals surface area contributed by atoms with Crippen LogP contribution in [0.15, 0.2) is 24.3 Å². The van der Waals surface area contributed by atoms with Crippen molar-refractivity contribution in [1.29, 1.82) is 0 Å². The molecule has 0 saturated carbocycles. The Labute approximate surface area is 97.3 Å². The molecule has 0 unspecified atom stereocenters. The summed E-state index contributed by atoms with van der Waals surface area (Å²) in [6.07, 6.45) is 3.48. The molecular weight excluding hydrogens is 200 g/mol. The van der Waals surface area contributed by atoms with E-state index in [-0.39, 0.29) is 6.61 Å². The van der Waals surface area contributed by atoms with Crippen molar-refractivity contribution in [1.82, 2.24) is 0 Å². The number of aliphatic hydroxyl groups is 1. The maximum Gasteiger partial charge on any atom is 0.120 e. The van der Waals surface area contributed by atoms with E-state index in [2.05, 4.69) is 18.8 Å². The number of hydrogen-bond acceptors (Lipinski definition) is 2. The number of rotatable bonds is 5. The Morgan fingerprint density at radius 1 is 1.31 bits per heavy atom. The Bertz CT molecular complexity index is 360. The highest BCUT2D eigenvalue weighted by Crippen LogP contribution is 2.13. The summed E-state index contributed by atoms with van der Waals surface area (Å²) in [5.74, 6) is 6.32. The third-order valence-electron chi connectivity index (χ3n) is 2.16. The van der Waals surface area contributed by atoms with Gasteiger partial charge >= 0.3 is 0 Å². The van der Waals surface area contributed by atoms with Gasteiger partial charge in [0.15, 0.2) is 0 Å². The van der Waals surface area contributed by atoms with Gasteiger partial charge in [-0.05, 0) is 24.6 Å². The summed E-state index contributed by atoms with van der Waals surface area (Å²) >= 11 is 0. The third-order valence-corrected chi connectivity index (χ3v) is 2.16. The van der Waals surface area contributed by atoms with Gasteiger partial charge in [-0.2, -0.15) is 0 Å². The van der Waals surface area contributed by atoms with Gasteiger partial charge in [-0.3, -0.25) is 0 Å². The first kappa shape index (κ1) is 12.6. The van der Waals surface area contributed by atoms with Crippen molar-refractivity contribution in [2.75, 3.05) is 13.2 Å². The molecule has 16 heavy (non-hydrogen) atoms. The summed E-state index contributed by atoms with van der Waals surface area (Å²) in [5, 5.41) is 8.59. The molecule has 0 aromatic heterocycles. The van der Waals surface area contributed by atoms with Crippen LogP contribution in [0, 0.1) is 11.8 Å². The highest BCUT2D eigenvalue weighted by molar-refractivity contribution is 5.39. The molecule has 0 fully saturated rings. The molecular formula is C14H18O2. The third kappa shape index (κ3) is 4.86. The summed E-state index contributed by atoms with van der Waals surface area (Å²) in [4.78, 5) is 0. The second kappa shape index (κ2) is 7.78. The molecule has 86 valence electrons. The predicted molar refractivity (Wildman–Crippen MR) is 65.4 cm³/mol. The molecule has 1 rings (SSSR count). The first-order valence-electron chi connectivity index (χ1n) is 5.69. The summed E-state index contributed by atoms with van der Waals surface area (Å²) in [5.41, 5.74) is 0.877. The van der Waals surface area contributed by atoms with Crippen molar-refractivity contribution >= 4 is 0 Å². The molecule has 0 bridgehead atoms. The lowest BCUT2D eigenvalue weighted by Crippen LogP contribution is -1.96. The first-order chi connectivity index (χ1) is 7.86. The summed E-state index contributed by atoms with van der Waals surface area (Å²) in [6, 6.07) is 7.64. The fourth-order valence-electron chi connectivity index (χ4n) is 1.35. The van der Waals surface area contributed by atoms with Gasteiger partial charge in [-0.1, -0.05) is 37.7 Å². The largest absolute Gasteiger partial charge is 0.494 e. The lowest BCUT2D eigenvalue weighted by molar-refractivity contribution is 0.306. The van der Waals surface area contributed by atoms with Crippen molar-refractivity contribution in [3.8, 4) is 17.6 Å². The zero-order valence-corrected chi connectivity index (χ0v) is 9.70. The van der Waals surface area contributed by atoms with Crippen LogP contribution in [0.4, 0.5) is 0 Å². The summed E-state index contributed by atoms with van der Waals surface area (Å²) < 4.78 is 5.60. The van der Waals surface area contributed by atoms with E-state index in [9.17, 15) is 0 Å². The van der Waals surface area contributed by atoms with Crippen molar-refractivity contribution in [3.05, 3.63) is 29.8 Å². The summed E-state index contributed by atoms with van der Waals surface area (Å²) in [6.45, 7) is 2.82. The SMILES string of the molecule is CCCCCOc1cccc(C#CCO)c1. The topological polar surface area (TPSA) is 29.5 Å². The first-order valence-corrected chi connectivity index (χ1v) is 5.69. The van der Waals surface area contributed by atoms with Crippen LogP contribution in [0.3, 0.4) is 0 Å². The fourth-order valence-corrected chi connectivity index (χ4v) is 1.35. The molecule has 0 saturated heterocycles. The van der Waals surface area contributed by atoms with Crippen LogP contribution in [-0.4, -0.2) is 18.3 Å². The second-order valence-electron chi connectivity index (χ2n) is 3.54. The highest BCUT2D eigenvalue weighted by atomic mass is 16.5. The molecule has 0 atom stereocenters. The Hall–Kier alpha value is -1.46. The van der Waals surface area contributed by atoms with Crippen molar-refractivity contribution in [3.63, 3.8) is 0 Å². The number of aliphatic hydroxyl groups excluding tert-OH is 1. The van der Waals surface area contributed by atoms with Gasteiger partial charge < -0.3 is 9.84 Å². The Balaban J connectivity index is 2.47. The lowest BCUT2D eigenvalue weighted by Gasteiger charge is -2.05. The highest BCUT2D eigenvalue weighted by Gasteiger charge is 1.94. The smallest absolute Gasteiger partial charge is 0.120 e. The molecule has 2 heteroatoms. The lowest BCUT2D eigenvalue weighted by atomic mass is 10.2. The van der Waals surface area contributed by atoms with Gasteiger partial charge in [-0.25, -0.2) is 0 Å². The Morgan fingerprint density at radius 2 is 2.19 bits per heavy atom. The number of hydrogen-bond donors (Lipinski definition) is 1. The number of unbranched alkanes of at least 4 members (excludes halogenated alkanes) is 2. The minimum Gasteiger partial charge on any atom is -0.494 e. The van der Waals surface area contributed by atoms with Gasteiger partial charge in [0.25, 0.3) is 0 Å². The number of ether oxygens (including phenoxy) is 1. The molecule has 1 aromatic rings. The normalized spacial score (nSPS) is 9.38. The molecule has 0 heterocycles. The maximum absolute atomic E-state index is 8.59. The molecule has 0 aliphatic heterocycles. The zero-order valence-electron chi connectivity index (χ0n) is 9.70. The van der Waals surface area contributed by atoms with Crippen LogP contribution >= 0.6 is 0 Å². The molecule has 2 nitrogen and oxygen atoms in total.